The monoisotopic (exact) mass is 483 g/mol. The van der Waals surface area contributed by atoms with Gasteiger partial charge >= 0.3 is 6.18 Å². The van der Waals surface area contributed by atoms with Crippen molar-refractivity contribution in [1.29, 1.82) is 0 Å². The molecule has 4 nitrogen and oxygen atoms in total. The van der Waals surface area contributed by atoms with Crippen LogP contribution in [-0.2, 0) is 16.0 Å². The van der Waals surface area contributed by atoms with Crippen LogP contribution in [0.5, 0.6) is 0 Å². The van der Waals surface area contributed by atoms with Crippen molar-refractivity contribution in [3.8, 4) is 0 Å². The van der Waals surface area contributed by atoms with E-state index in [1.54, 1.807) is 12.1 Å². The van der Waals surface area contributed by atoms with Gasteiger partial charge in [0.05, 0.1) is 12.0 Å². The minimum atomic E-state index is -4.66. The van der Waals surface area contributed by atoms with Crippen LogP contribution in [0.25, 0.3) is 0 Å². The summed E-state index contributed by atoms with van der Waals surface area (Å²) < 4.78 is 41.3. The third kappa shape index (κ3) is 4.41. The molecule has 1 aliphatic carbocycles. The van der Waals surface area contributed by atoms with Crippen LogP contribution >= 0.6 is 23.2 Å². The molecule has 2 aromatic carbocycles. The lowest BCUT2D eigenvalue weighted by atomic mass is 9.90. The molecule has 2 atom stereocenters. The van der Waals surface area contributed by atoms with E-state index in [2.05, 4.69) is 0 Å². The number of benzene rings is 2. The largest absolute Gasteiger partial charge is 0.396 e. The van der Waals surface area contributed by atoms with Crippen molar-refractivity contribution in [3.05, 3.63) is 68.7 Å². The molecule has 0 saturated carbocycles. The van der Waals surface area contributed by atoms with E-state index < -0.39 is 24.3 Å². The normalized spacial score (nSPS) is 19.4. The number of imide groups is 1. The van der Waals surface area contributed by atoms with Gasteiger partial charge in [0.2, 0.25) is 11.8 Å². The van der Waals surface area contributed by atoms with Crippen LogP contribution in [0.2, 0.25) is 10.0 Å². The van der Waals surface area contributed by atoms with Gasteiger partial charge in [0.25, 0.3) is 0 Å². The van der Waals surface area contributed by atoms with Gasteiger partial charge in [-0.1, -0.05) is 35.3 Å². The summed E-state index contributed by atoms with van der Waals surface area (Å²) in [5, 5.41) is 0.118. The number of rotatable bonds is 5. The lowest BCUT2D eigenvalue weighted by Crippen LogP contribution is -2.32. The van der Waals surface area contributed by atoms with Crippen molar-refractivity contribution >= 4 is 40.8 Å². The van der Waals surface area contributed by atoms with Crippen molar-refractivity contribution in [2.45, 2.75) is 50.2 Å². The summed E-state index contributed by atoms with van der Waals surface area (Å²) in [7, 11) is 0. The van der Waals surface area contributed by atoms with Crippen LogP contribution in [0.3, 0.4) is 0 Å². The number of Topliss-reactive ketones (excluding diaryl/α,β-unsaturated/α-hetero) is 1. The van der Waals surface area contributed by atoms with Gasteiger partial charge in [-0.3, -0.25) is 19.3 Å². The number of halogens is 5. The number of carbonyl (C=O) groups is 3. The molecule has 1 unspecified atom stereocenters. The molecule has 2 aromatic rings. The molecule has 0 spiro atoms. The molecule has 1 saturated heterocycles. The lowest BCUT2D eigenvalue weighted by molar-refractivity contribution is -0.149. The zero-order valence-corrected chi connectivity index (χ0v) is 18.2. The second-order valence-corrected chi connectivity index (χ2v) is 8.92. The highest BCUT2D eigenvalue weighted by Gasteiger charge is 2.43. The summed E-state index contributed by atoms with van der Waals surface area (Å²) in [4.78, 5) is 38.2. The van der Waals surface area contributed by atoms with E-state index in [-0.39, 0.29) is 51.9 Å². The van der Waals surface area contributed by atoms with Gasteiger partial charge in [-0.25, -0.2) is 0 Å². The Morgan fingerprint density at radius 1 is 1.00 bits per heavy atom. The Bertz CT molecular complexity index is 1080. The van der Waals surface area contributed by atoms with E-state index in [1.807, 2.05) is 0 Å². The van der Waals surface area contributed by atoms with Gasteiger partial charge in [-0.2, -0.15) is 13.2 Å². The quantitative estimate of drug-likeness (QED) is 0.384. The van der Waals surface area contributed by atoms with Gasteiger partial charge in [-0.15, -0.1) is 0 Å². The zero-order valence-electron chi connectivity index (χ0n) is 16.7. The molecule has 1 fully saturated rings. The number of hydrogen-bond acceptors (Lipinski definition) is 3. The minimum absolute atomic E-state index is 0.0591. The van der Waals surface area contributed by atoms with Gasteiger partial charge in [-0.05, 0) is 53.8 Å². The maximum Gasteiger partial charge on any atom is 0.396 e. The van der Waals surface area contributed by atoms with Crippen molar-refractivity contribution < 1.29 is 27.6 Å². The molecular weight excluding hydrogens is 466 g/mol. The summed E-state index contributed by atoms with van der Waals surface area (Å²) in [6.45, 7) is 0. The average molecular weight is 484 g/mol. The third-order valence-electron chi connectivity index (χ3n) is 5.98. The van der Waals surface area contributed by atoms with Gasteiger partial charge in [0, 0.05) is 34.9 Å². The highest BCUT2D eigenvalue weighted by Crippen LogP contribution is 2.42. The number of carbonyl (C=O) groups excluding carboxylic acids is 3. The van der Waals surface area contributed by atoms with E-state index in [4.69, 9.17) is 23.2 Å². The Balaban J connectivity index is 1.58. The Labute approximate surface area is 192 Å². The molecule has 4 rings (SSSR count). The first-order valence-electron chi connectivity index (χ1n) is 10.1. The molecule has 0 N–H and O–H groups in total. The lowest BCUT2D eigenvalue weighted by Gasteiger charge is -2.23. The summed E-state index contributed by atoms with van der Waals surface area (Å²) in [5.74, 6) is -3.16. The molecule has 168 valence electrons. The number of ketones is 1. The second kappa shape index (κ2) is 8.52. The standard InChI is InChI=1S/C23H18Cl2F3NO3/c24-15-8-14(9-16(25)10-15)18(23(26,27)28)11-20(30)13-1-3-17-12(7-13)2-4-19(17)29-21(31)5-6-22(29)32/h1,3,7-10,18-19H,2,4-6,11H2/t18-,19?/m0/s1. The number of fused-ring (bicyclic) bond motifs is 1. The number of amides is 2. The number of likely N-dealkylation sites (tertiary alicyclic amines) is 1. The van der Waals surface area contributed by atoms with Crippen molar-refractivity contribution in [1.82, 2.24) is 4.90 Å². The summed E-state index contributed by atoms with van der Waals surface area (Å²) in [6.07, 6.45) is -4.00. The molecule has 1 heterocycles. The third-order valence-corrected chi connectivity index (χ3v) is 6.42. The van der Waals surface area contributed by atoms with Crippen LogP contribution < -0.4 is 0 Å². The van der Waals surface area contributed by atoms with Gasteiger partial charge in [0.1, 0.15) is 0 Å². The molecule has 9 heteroatoms. The molecule has 1 aliphatic heterocycles. The van der Waals surface area contributed by atoms with E-state index in [0.717, 1.165) is 23.3 Å². The minimum Gasteiger partial charge on any atom is -0.294 e. The SMILES string of the molecule is O=C(C[C@@H](c1cc(Cl)cc(Cl)c1)C(F)(F)F)c1ccc2c(c1)CCC2N1C(=O)CCC1=O. The van der Waals surface area contributed by atoms with E-state index in [9.17, 15) is 27.6 Å². The fraction of sp³-hybridized carbons (Fsp3) is 0.348. The molecule has 2 amide bonds. The fourth-order valence-corrected chi connectivity index (χ4v) is 5.02. The van der Waals surface area contributed by atoms with Crippen molar-refractivity contribution in [3.63, 3.8) is 0 Å². The van der Waals surface area contributed by atoms with Crippen LogP contribution in [0.1, 0.15) is 64.7 Å². The second-order valence-electron chi connectivity index (χ2n) is 8.05. The van der Waals surface area contributed by atoms with Crippen LogP contribution in [0.15, 0.2) is 36.4 Å². The maximum atomic E-state index is 13.8. The topological polar surface area (TPSA) is 54.5 Å². The first kappa shape index (κ1) is 22.8. The Hall–Kier alpha value is -2.38. The smallest absolute Gasteiger partial charge is 0.294 e. The first-order valence-corrected chi connectivity index (χ1v) is 10.8. The predicted molar refractivity (Wildman–Crippen MR) is 113 cm³/mol. The Morgan fingerprint density at radius 3 is 2.22 bits per heavy atom. The molecule has 0 aromatic heterocycles. The molecule has 32 heavy (non-hydrogen) atoms. The van der Waals surface area contributed by atoms with Gasteiger partial charge < -0.3 is 0 Å². The van der Waals surface area contributed by atoms with Gasteiger partial charge in [0.15, 0.2) is 5.78 Å². The maximum absolute atomic E-state index is 13.8. The molecule has 0 bridgehead atoms. The number of aryl methyl sites for hydroxylation is 1. The summed E-state index contributed by atoms with van der Waals surface area (Å²) in [5.41, 5.74) is 1.52. The molecule has 0 radical (unpaired) electrons. The summed E-state index contributed by atoms with van der Waals surface area (Å²) in [6, 6.07) is 7.94. The van der Waals surface area contributed by atoms with Crippen molar-refractivity contribution in [2.24, 2.45) is 0 Å². The highest BCUT2D eigenvalue weighted by atomic mass is 35.5. The average Bonchev–Trinajstić information content (AvgIpc) is 3.26. The Kier molecular flexibility index (Phi) is 6.07. The van der Waals surface area contributed by atoms with Crippen LogP contribution in [-0.4, -0.2) is 28.7 Å². The highest BCUT2D eigenvalue weighted by molar-refractivity contribution is 6.34. The number of nitrogens with zero attached hydrogens (tertiary/aromatic N) is 1. The van der Waals surface area contributed by atoms with E-state index in [0.29, 0.717) is 12.8 Å². The zero-order chi connectivity index (χ0) is 23.2. The number of alkyl halides is 3. The van der Waals surface area contributed by atoms with Crippen LogP contribution in [0.4, 0.5) is 13.2 Å². The van der Waals surface area contributed by atoms with Crippen molar-refractivity contribution in [2.75, 3.05) is 0 Å². The fourth-order valence-electron chi connectivity index (χ4n) is 4.48. The Morgan fingerprint density at radius 2 is 1.62 bits per heavy atom. The molecule has 2 aliphatic rings. The van der Waals surface area contributed by atoms with E-state index in [1.165, 1.54) is 17.0 Å². The summed E-state index contributed by atoms with van der Waals surface area (Å²) >= 11 is 11.7. The van der Waals surface area contributed by atoms with Crippen LogP contribution in [0, 0.1) is 0 Å². The first-order chi connectivity index (χ1) is 15.0. The molecular formula is C23H18Cl2F3NO3. The van der Waals surface area contributed by atoms with E-state index >= 15 is 0 Å². The number of hydrogen-bond donors (Lipinski definition) is 0. The predicted octanol–water partition coefficient (Wildman–Crippen LogP) is 6.05.